The minimum Gasteiger partial charge on any atom is -0.365 e. The Morgan fingerprint density at radius 2 is 2.00 bits per heavy atom. The van der Waals surface area contributed by atoms with Crippen molar-refractivity contribution < 1.29 is 0 Å². The third-order valence-electron chi connectivity index (χ3n) is 4.59. The lowest BCUT2D eigenvalue weighted by Gasteiger charge is -2.17. The standard InChI is InChI=1S/C19H22N6/c1-24-12-10-20-19(24)17-7-8-18(23-22-17)21-16-9-11-25(14-16)13-15-5-3-2-4-6-15/h2-8,10,12,16H,9,11,13-14H2,1H3,(H,21,23)/t16-/m1/s1. The second kappa shape index (κ2) is 7.03. The molecule has 6 heteroatoms. The second-order valence-electron chi connectivity index (χ2n) is 6.52. The number of benzene rings is 1. The number of nitrogens with zero attached hydrogens (tertiary/aromatic N) is 5. The van der Waals surface area contributed by atoms with Crippen LogP contribution in [0.25, 0.3) is 11.5 Å². The van der Waals surface area contributed by atoms with Crippen LogP contribution in [0.3, 0.4) is 0 Å². The highest BCUT2D eigenvalue weighted by molar-refractivity contribution is 5.51. The Morgan fingerprint density at radius 3 is 2.72 bits per heavy atom. The lowest BCUT2D eigenvalue weighted by molar-refractivity contribution is 0.328. The molecule has 4 rings (SSSR count). The molecule has 1 aliphatic heterocycles. The van der Waals surface area contributed by atoms with E-state index in [0.29, 0.717) is 6.04 Å². The maximum atomic E-state index is 4.32. The van der Waals surface area contributed by atoms with Crippen LogP contribution in [0, 0.1) is 0 Å². The van der Waals surface area contributed by atoms with E-state index in [1.807, 2.05) is 29.9 Å². The van der Waals surface area contributed by atoms with Crippen molar-refractivity contribution in [3.63, 3.8) is 0 Å². The van der Waals surface area contributed by atoms with Crippen LogP contribution in [0.2, 0.25) is 0 Å². The van der Waals surface area contributed by atoms with Gasteiger partial charge in [-0.1, -0.05) is 30.3 Å². The van der Waals surface area contributed by atoms with Gasteiger partial charge < -0.3 is 9.88 Å². The molecule has 0 bridgehead atoms. The molecule has 1 fully saturated rings. The number of hydrogen-bond acceptors (Lipinski definition) is 5. The average molecular weight is 334 g/mol. The Hall–Kier alpha value is -2.73. The smallest absolute Gasteiger partial charge is 0.160 e. The molecule has 0 amide bonds. The van der Waals surface area contributed by atoms with Crippen LogP contribution in [0.4, 0.5) is 5.82 Å². The minimum absolute atomic E-state index is 0.414. The van der Waals surface area contributed by atoms with E-state index in [4.69, 9.17) is 0 Å². The summed E-state index contributed by atoms with van der Waals surface area (Å²) in [6, 6.07) is 15.0. The van der Waals surface area contributed by atoms with Gasteiger partial charge in [0.25, 0.3) is 0 Å². The number of imidazole rings is 1. The summed E-state index contributed by atoms with van der Waals surface area (Å²) in [7, 11) is 1.95. The summed E-state index contributed by atoms with van der Waals surface area (Å²) in [6.45, 7) is 3.13. The fraction of sp³-hybridized carbons (Fsp3) is 0.316. The van der Waals surface area contributed by atoms with Crippen LogP contribution < -0.4 is 5.32 Å². The number of aromatic nitrogens is 4. The maximum Gasteiger partial charge on any atom is 0.160 e. The average Bonchev–Trinajstić information content (AvgIpc) is 3.26. The summed E-state index contributed by atoms with van der Waals surface area (Å²) in [5, 5.41) is 12.1. The normalized spacial score (nSPS) is 17.7. The van der Waals surface area contributed by atoms with Gasteiger partial charge in [-0.2, -0.15) is 0 Å². The van der Waals surface area contributed by atoms with E-state index in [1.165, 1.54) is 5.56 Å². The molecule has 0 unspecified atom stereocenters. The van der Waals surface area contributed by atoms with E-state index in [0.717, 1.165) is 43.4 Å². The summed E-state index contributed by atoms with van der Waals surface area (Å²) in [4.78, 5) is 6.78. The topological polar surface area (TPSA) is 58.9 Å². The van der Waals surface area contributed by atoms with Gasteiger partial charge in [-0.15, -0.1) is 10.2 Å². The summed E-state index contributed by atoms with van der Waals surface area (Å²) >= 11 is 0. The van der Waals surface area contributed by atoms with E-state index in [2.05, 4.69) is 55.7 Å². The molecular weight excluding hydrogens is 312 g/mol. The highest BCUT2D eigenvalue weighted by Gasteiger charge is 2.22. The zero-order valence-corrected chi connectivity index (χ0v) is 14.3. The summed E-state index contributed by atoms with van der Waals surface area (Å²) in [5.41, 5.74) is 2.15. The Morgan fingerprint density at radius 1 is 1.12 bits per heavy atom. The van der Waals surface area contributed by atoms with Crippen LogP contribution in [0.1, 0.15) is 12.0 Å². The monoisotopic (exact) mass is 334 g/mol. The van der Waals surface area contributed by atoms with Crippen molar-refractivity contribution in [1.82, 2.24) is 24.6 Å². The molecule has 0 radical (unpaired) electrons. The van der Waals surface area contributed by atoms with Gasteiger partial charge in [-0.25, -0.2) is 4.98 Å². The van der Waals surface area contributed by atoms with Crippen molar-refractivity contribution in [2.75, 3.05) is 18.4 Å². The molecule has 1 saturated heterocycles. The van der Waals surface area contributed by atoms with Gasteiger partial charge in [-0.05, 0) is 24.1 Å². The van der Waals surface area contributed by atoms with Gasteiger partial charge in [0.2, 0.25) is 0 Å². The highest BCUT2D eigenvalue weighted by atomic mass is 15.2. The fourth-order valence-corrected chi connectivity index (χ4v) is 3.29. The van der Waals surface area contributed by atoms with Crippen LogP contribution >= 0.6 is 0 Å². The van der Waals surface area contributed by atoms with Gasteiger partial charge in [0.1, 0.15) is 11.5 Å². The van der Waals surface area contributed by atoms with Crippen molar-refractivity contribution >= 4 is 5.82 Å². The Bertz CT molecular complexity index is 811. The highest BCUT2D eigenvalue weighted by Crippen LogP contribution is 2.18. The third kappa shape index (κ3) is 3.69. The number of rotatable bonds is 5. The molecule has 1 aliphatic rings. The number of aryl methyl sites for hydroxylation is 1. The van der Waals surface area contributed by atoms with Crippen molar-refractivity contribution in [3.8, 4) is 11.5 Å². The first kappa shape index (κ1) is 15.8. The first-order valence-corrected chi connectivity index (χ1v) is 8.62. The van der Waals surface area contributed by atoms with E-state index in [9.17, 15) is 0 Å². The molecule has 2 aromatic heterocycles. The number of nitrogens with one attached hydrogen (secondary N) is 1. The van der Waals surface area contributed by atoms with Crippen LogP contribution in [0.5, 0.6) is 0 Å². The van der Waals surface area contributed by atoms with E-state index >= 15 is 0 Å². The second-order valence-corrected chi connectivity index (χ2v) is 6.52. The molecule has 1 atom stereocenters. The molecule has 0 saturated carbocycles. The number of hydrogen-bond donors (Lipinski definition) is 1. The number of likely N-dealkylation sites (tertiary alicyclic amines) is 1. The molecule has 1 aromatic carbocycles. The Kier molecular flexibility index (Phi) is 4.43. The largest absolute Gasteiger partial charge is 0.365 e. The van der Waals surface area contributed by atoms with Gasteiger partial charge in [0.15, 0.2) is 5.82 Å². The first-order valence-electron chi connectivity index (χ1n) is 8.62. The Balaban J connectivity index is 1.34. The van der Waals surface area contributed by atoms with Crippen LogP contribution in [-0.4, -0.2) is 43.8 Å². The van der Waals surface area contributed by atoms with E-state index in [1.54, 1.807) is 6.20 Å². The van der Waals surface area contributed by atoms with Crippen molar-refractivity contribution in [3.05, 3.63) is 60.4 Å². The molecule has 25 heavy (non-hydrogen) atoms. The predicted octanol–water partition coefficient (Wildman–Crippen LogP) is 2.56. The minimum atomic E-state index is 0.414. The van der Waals surface area contributed by atoms with Gasteiger partial charge in [0.05, 0.1) is 0 Å². The quantitative estimate of drug-likeness (QED) is 0.777. The lowest BCUT2D eigenvalue weighted by atomic mass is 10.2. The molecule has 0 aliphatic carbocycles. The molecular formula is C19H22N6. The third-order valence-corrected chi connectivity index (χ3v) is 4.59. The van der Waals surface area contributed by atoms with Gasteiger partial charge >= 0.3 is 0 Å². The maximum absolute atomic E-state index is 4.32. The Labute approximate surface area is 147 Å². The van der Waals surface area contributed by atoms with Gasteiger partial charge in [-0.3, -0.25) is 4.90 Å². The van der Waals surface area contributed by atoms with Crippen molar-refractivity contribution in [2.45, 2.75) is 19.0 Å². The lowest BCUT2D eigenvalue weighted by Crippen LogP contribution is -2.26. The van der Waals surface area contributed by atoms with Gasteiger partial charge in [0, 0.05) is 45.1 Å². The fourth-order valence-electron chi connectivity index (χ4n) is 3.29. The zero-order valence-electron chi connectivity index (χ0n) is 14.3. The molecule has 1 N–H and O–H groups in total. The summed E-state index contributed by atoms with van der Waals surface area (Å²) in [5.74, 6) is 1.65. The predicted molar refractivity (Wildman–Crippen MR) is 98.0 cm³/mol. The molecule has 6 nitrogen and oxygen atoms in total. The molecule has 128 valence electrons. The summed E-state index contributed by atoms with van der Waals surface area (Å²) in [6.07, 6.45) is 4.79. The molecule has 3 heterocycles. The summed E-state index contributed by atoms with van der Waals surface area (Å²) < 4.78 is 1.94. The zero-order chi connectivity index (χ0) is 17.1. The number of anilines is 1. The SMILES string of the molecule is Cn1ccnc1-c1ccc(N[C@@H]2CCN(Cc3ccccc3)C2)nn1. The van der Waals surface area contributed by atoms with Crippen molar-refractivity contribution in [2.24, 2.45) is 7.05 Å². The van der Waals surface area contributed by atoms with Crippen LogP contribution in [0.15, 0.2) is 54.9 Å². The van der Waals surface area contributed by atoms with Crippen LogP contribution in [-0.2, 0) is 13.6 Å². The van der Waals surface area contributed by atoms with E-state index in [-0.39, 0.29) is 0 Å². The molecule has 3 aromatic rings. The first-order chi connectivity index (χ1) is 12.3. The van der Waals surface area contributed by atoms with E-state index < -0.39 is 0 Å². The van der Waals surface area contributed by atoms with Crippen molar-refractivity contribution in [1.29, 1.82) is 0 Å². The molecule has 0 spiro atoms.